The van der Waals surface area contributed by atoms with Crippen LogP contribution in [0.1, 0.15) is 11.1 Å². The summed E-state index contributed by atoms with van der Waals surface area (Å²) in [5, 5.41) is 13.5. The number of phenolic OH excluding ortho intramolecular Hbond substituents is 1. The Kier molecular flexibility index (Phi) is 4.40. The molecule has 1 aromatic heterocycles. The number of pyridine rings is 1. The molecule has 0 saturated heterocycles. The molecule has 0 radical (unpaired) electrons. The Morgan fingerprint density at radius 2 is 1.95 bits per heavy atom. The second kappa shape index (κ2) is 5.87. The van der Waals surface area contributed by atoms with Crippen molar-refractivity contribution in [3.63, 3.8) is 0 Å². The number of aromatic hydroxyl groups is 1. The number of phenols is 1. The molecule has 19 heavy (non-hydrogen) atoms. The molecule has 0 spiro atoms. The van der Waals surface area contributed by atoms with E-state index in [-0.39, 0.29) is 5.75 Å². The van der Waals surface area contributed by atoms with E-state index in [2.05, 4.69) is 10.3 Å². The van der Waals surface area contributed by atoms with Gasteiger partial charge in [-0.2, -0.15) is 0 Å². The summed E-state index contributed by atoms with van der Waals surface area (Å²) in [6.45, 7) is 2.41. The van der Waals surface area contributed by atoms with E-state index in [9.17, 15) is 5.11 Å². The summed E-state index contributed by atoms with van der Waals surface area (Å²) in [5.74, 6) is 0.0628. The summed E-state index contributed by atoms with van der Waals surface area (Å²) >= 11 is 17.7. The number of hydrogen-bond acceptors (Lipinski definition) is 3. The van der Waals surface area contributed by atoms with Crippen molar-refractivity contribution in [2.24, 2.45) is 0 Å². The number of halogens is 3. The van der Waals surface area contributed by atoms with Gasteiger partial charge in [0.05, 0.1) is 10.7 Å². The van der Waals surface area contributed by atoms with Crippen LogP contribution in [0.4, 0.5) is 5.69 Å². The molecule has 0 aliphatic carbocycles. The molecule has 6 heteroatoms. The van der Waals surface area contributed by atoms with E-state index in [1.807, 2.05) is 6.92 Å². The first-order chi connectivity index (χ1) is 8.97. The molecular formula is C13H11Cl3N2O. The Bertz CT molecular complexity index is 594. The molecule has 0 atom stereocenters. The Balaban J connectivity index is 2.16. The smallest absolute Gasteiger partial charge is 0.154 e. The minimum absolute atomic E-state index is 0.0628. The van der Waals surface area contributed by atoms with Crippen molar-refractivity contribution in [1.29, 1.82) is 0 Å². The Labute approximate surface area is 126 Å². The van der Waals surface area contributed by atoms with E-state index in [0.717, 1.165) is 16.8 Å². The van der Waals surface area contributed by atoms with Crippen molar-refractivity contribution in [2.75, 3.05) is 5.32 Å². The monoisotopic (exact) mass is 316 g/mol. The molecule has 3 nitrogen and oxygen atoms in total. The summed E-state index contributed by atoms with van der Waals surface area (Å²) in [6, 6.07) is 6.75. The lowest BCUT2D eigenvalue weighted by Crippen LogP contribution is -2.02. The molecule has 0 unspecified atom stereocenters. The van der Waals surface area contributed by atoms with Crippen LogP contribution in [0.5, 0.6) is 5.75 Å². The van der Waals surface area contributed by atoms with Crippen LogP contribution in [0.2, 0.25) is 15.3 Å². The van der Waals surface area contributed by atoms with Gasteiger partial charge in [-0.05, 0) is 36.2 Å². The first-order valence-corrected chi connectivity index (χ1v) is 6.64. The molecule has 0 bridgehead atoms. The molecule has 100 valence electrons. The van der Waals surface area contributed by atoms with Gasteiger partial charge in [-0.3, -0.25) is 0 Å². The van der Waals surface area contributed by atoms with Crippen LogP contribution in [-0.4, -0.2) is 10.1 Å². The standard InChI is InChI=1S/C13H11Cl3N2O/c1-7-4-11(15)18-13(16)12(7)17-6-8-2-3-10(19)9(14)5-8/h2-5,17,19H,6H2,1H3. The lowest BCUT2D eigenvalue weighted by molar-refractivity contribution is 0.475. The highest BCUT2D eigenvalue weighted by atomic mass is 35.5. The molecule has 0 aliphatic heterocycles. The van der Waals surface area contributed by atoms with Crippen molar-refractivity contribution >= 4 is 40.5 Å². The zero-order chi connectivity index (χ0) is 14.0. The predicted octanol–water partition coefficient (Wildman–Crippen LogP) is 4.67. The fraction of sp³-hybridized carbons (Fsp3) is 0.154. The van der Waals surface area contributed by atoms with Crippen LogP contribution in [0, 0.1) is 6.92 Å². The lowest BCUT2D eigenvalue weighted by atomic mass is 10.2. The fourth-order valence-corrected chi connectivity index (χ4v) is 2.46. The number of aryl methyl sites for hydroxylation is 1. The first kappa shape index (κ1) is 14.3. The fourth-order valence-electron chi connectivity index (χ4n) is 1.66. The Morgan fingerprint density at radius 1 is 1.21 bits per heavy atom. The van der Waals surface area contributed by atoms with Gasteiger partial charge in [-0.15, -0.1) is 0 Å². The highest BCUT2D eigenvalue weighted by molar-refractivity contribution is 6.34. The van der Waals surface area contributed by atoms with Crippen LogP contribution in [0.25, 0.3) is 0 Å². The Morgan fingerprint density at radius 3 is 2.58 bits per heavy atom. The first-order valence-electron chi connectivity index (χ1n) is 5.51. The largest absolute Gasteiger partial charge is 0.506 e. The van der Waals surface area contributed by atoms with E-state index in [1.165, 1.54) is 0 Å². The van der Waals surface area contributed by atoms with Crippen LogP contribution >= 0.6 is 34.8 Å². The van der Waals surface area contributed by atoms with Gasteiger partial charge in [-0.1, -0.05) is 40.9 Å². The zero-order valence-corrected chi connectivity index (χ0v) is 12.3. The topological polar surface area (TPSA) is 45.2 Å². The molecule has 2 rings (SSSR count). The van der Waals surface area contributed by atoms with Crippen molar-refractivity contribution in [2.45, 2.75) is 13.5 Å². The molecule has 0 fully saturated rings. The average Bonchev–Trinajstić information content (AvgIpc) is 2.32. The number of rotatable bonds is 3. The molecule has 2 aromatic rings. The van der Waals surface area contributed by atoms with Gasteiger partial charge in [0.1, 0.15) is 10.9 Å². The zero-order valence-electron chi connectivity index (χ0n) is 10.0. The minimum atomic E-state index is 0.0628. The van der Waals surface area contributed by atoms with E-state index in [1.54, 1.807) is 24.3 Å². The number of hydrogen-bond donors (Lipinski definition) is 2. The summed E-state index contributed by atoms with van der Waals surface area (Å²) < 4.78 is 0. The van der Waals surface area contributed by atoms with Crippen LogP contribution < -0.4 is 5.32 Å². The van der Waals surface area contributed by atoms with Crippen molar-refractivity contribution in [3.8, 4) is 5.75 Å². The number of nitrogens with zero attached hydrogens (tertiary/aromatic N) is 1. The third-order valence-corrected chi connectivity index (χ3v) is 3.39. The maximum absolute atomic E-state index is 9.35. The molecule has 1 heterocycles. The van der Waals surface area contributed by atoms with Crippen LogP contribution in [0.15, 0.2) is 24.3 Å². The second-order valence-corrected chi connectivity index (χ2v) is 5.22. The van der Waals surface area contributed by atoms with E-state index in [4.69, 9.17) is 34.8 Å². The predicted molar refractivity (Wildman–Crippen MR) is 79.4 cm³/mol. The van der Waals surface area contributed by atoms with E-state index >= 15 is 0 Å². The van der Waals surface area contributed by atoms with E-state index in [0.29, 0.717) is 21.9 Å². The maximum Gasteiger partial charge on any atom is 0.154 e. The molecule has 0 saturated carbocycles. The van der Waals surface area contributed by atoms with Gasteiger partial charge in [-0.25, -0.2) is 4.98 Å². The van der Waals surface area contributed by atoms with Gasteiger partial charge in [0.15, 0.2) is 5.15 Å². The quantitative estimate of drug-likeness (QED) is 0.809. The molecule has 1 aromatic carbocycles. The summed E-state index contributed by atoms with van der Waals surface area (Å²) in [4.78, 5) is 3.98. The van der Waals surface area contributed by atoms with Gasteiger partial charge in [0.25, 0.3) is 0 Å². The number of anilines is 1. The third kappa shape index (κ3) is 3.44. The van der Waals surface area contributed by atoms with E-state index < -0.39 is 0 Å². The van der Waals surface area contributed by atoms with Crippen molar-refractivity contribution < 1.29 is 5.11 Å². The SMILES string of the molecule is Cc1cc(Cl)nc(Cl)c1NCc1ccc(O)c(Cl)c1. The molecular weight excluding hydrogens is 307 g/mol. The normalized spacial score (nSPS) is 10.5. The lowest BCUT2D eigenvalue weighted by Gasteiger charge is -2.11. The molecule has 0 amide bonds. The Hall–Kier alpha value is -1.16. The van der Waals surface area contributed by atoms with Gasteiger partial charge in [0, 0.05) is 6.54 Å². The van der Waals surface area contributed by atoms with Crippen molar-refractivity contribution in [1.82, 2.24) is 4.98 Å². The number of aromatic nitrogens is 1. The highest BCUT2D eigenvalue weighted by Gasteiger charge is 2.08. The third-order valence-electron chi connectivity index (χ3n) is 2.62. The number of benzene rings is 1. The highest BCUT2D eigenvalue weighted by Crippen LogP contribution is 2.28. The average molecular weight is 318 g/mol. The van der Waals surface area contributed by atoms with Crippen LogP contribution in [-0.2, 0) is 6.54 Å². The molecule has 2 N–H and O–H groups in total. The summed E-state index contributed by atoms with van der Waals surface area (Å²) in [7, 11) is 0. The van der Waals surface area contributed by atoms with Crippen LogP contribution in [0.3, 0.4) is 0 Å². The van der Waals surface area contributed by atoms with Gasteiger partial charge in [0.2, 0.25) is 0 Å². The van der Waals surface area contributed by atoms with Gasteiger partial charge >= 0.3 is 0 Å². The van der Waals surface area contributed by atoms with Gasteiger partial charge < -0.3 is 10.4 Å². The maximum atomic E-state index is 9.35. The second-order valence-electron chi connectivity index (χ2n) is 4.07. The van der Waals surface area contributed by atoms with Crippen molar-refractivity contribution in [3.05, 3.63) is 50.7 Å². The summed E-state index contributed by atoms with van der Waals surface area (Å²) in [5.41, 5.74) is 2.57. The summed E-state index contributed by atoms with van der Waals surface area (Å²) in [6.07, 6.45) is 0. The molecule has 0 aliphatic rings. The number of nitrogens with one attached hydrogen (secondary N) is 1. The minimum Gasteiger partial charge on any atom is -0.506 e.